The van der Waals surface area contributed by atoms with Gasteiger partial charge in [0.2, 0.25) is 12.1 Å². The molecule has 6 nitrogen and oxygen atoms in total. The average molecular weight is 464 g/mol. The van der Waals surface area contributed by atoms with E-state index in [1.807, 2.05) is 25.1 Å². The quantitative estimate of drug-likeness (QED) is 0.617. The Kier molecular flexibility index (Phi) is 7.11. The molecule has 0 radical (unpaired) electrons. The van der Waals surface area contributed by atoms with Crippen LogP contribution in [0.25, 0.3) is 0 Å². The number of nitrogens with one attached hydrogen (secondary N) is 1. The number of hydrogen-bond acceptors (Lipinski definition) is 4. The molecule has 1 aromatic rings. The predicted octanol–water partition coefficient (Wildman–Crippen LogP) is 3.64. The number of carbonyl (C=O) groups excluding carboxylic acids is 2. The number of aliphatic imine (C=N–C) groups is 1. The van der Waals surface area contributed by atoms with Crippen molar-refractivity contribution in [2.75, 3.05) is 11.9 Å². The fourth-order valence-corrected chi connectivity index (χ4v) is 4.16. The first kappa shape index (κ1) is 22.0. The zero-order valence-corrected chi connectivity index (χ0v) is 18.9. The third-order valence-corrected chi connectivity index (χ3v) is 6.31. The van der Waals surface area contributed by atoms with E-state index in [0.717, 1.165) is 41.4 Å². The lowest BCUT2D eigenvalue weighted by molar-refractivity contribution is -0.133. The Morgan fingerprint density at radius 2 is 2.14 bits per heavy atom. The van der Waals surface area contributed by atoms with Gasteiger partial charge in [0.1, 0.15) is 0 Å². The SMILES string of the molecule is CCCC[C@H](O)[C@@H](CC1CC1)C(=O)NC1N=C(C)c2ccc(Br)cc2N(C)C1=O. The molecule has 0 bridgehead atoms. The molecule has 0 saturated heterocycles. The van der Waals surface area contributed by atoms with Crippen molar-refractivity contribution < 1.29 is 14.7 Å². The van der Waals surface area contributed by atoms with E-state index in [4.69, 9.17) is 0 Å². The van der Waals surface area contributed by atoms with Gasteiger partial charge in [-0.1, -0.05) is 48.5 Å². The highest BCUT2D eigenvalue weighted by Gasteiger charge is 2.36. The Hall–Kier alpha value is -1.73. The van der Waals surface area contributed by atoms with E-state index >= 15 is 0 Å². The minimum Gasteiger partial charge on any atom is -0.392 e. The molecule has 2 aliphatic rings. The number of fused-ring (bicyclic) bond motifs is 1. The van der Waals surface area contributed by atoms with Crippen LogP contribution in [-0.4, -0.2) is 41.9 Å². The second-order valence-corrected chi connectivity index (χ2v) is 9.10. The van der Waals surface area contributed by atoms with Gasteiger partial charge >= 0.3 is 0 Å². The van der Waals surface area contributed by atoms with Crippen LogP contribution in [0.1, 0.15) is 57.9 Å². The number of benzodiazepines with no additional fused rings is 1. The molecule has 1 fully saturated rings. The van der Waals surface area contributed by atoms with E-state index in [2.05, 4.69) is 33.2 Å². The summed E-state index contributed by atoms with van der Waals surface area (Å²) in [5, 5.41) is 13.4. The van der Waals surface area contributed by atoms with E-state index in [-0.39, 0.29) is 11.8 Å². The number of hydrogen-bond donors (Lipinski definition) is 2. The smallest absolute Gasteiger partial charge is 0.272 e. The number of aliphatic hydroxyl groups is 1. The highest BCUT2D eigenvalue weighted by Crippen LogP contribution is 2.37. The van der Waals surface area contributed by atoms with Crippen molar-refractivity contribution in [1.82, 2.24) is 5.32 Å². The molecule has 1 unspecified atom stereocenters. The van der Waals surface area contributed by atoms with Gasteiger partial charge in [-0.2, -0.15) is 0 Å². The fraction of sp³-hybridized carbons (Fsp3) is 0.591. The van der Waals surface area contributed by atoms with E-state index in [1.54, 1.807) is 7.05 Å². The lowest BCUT2D eigenvalue weighted by Crippen LogP contribution is -2.49. The number of nitrogens with zero attached hydrogens (tertiary/aromatic N) is 2. The third-order valence-electron chi connectivity index (χ3n) is 5.82. The number of benzene rings is 1. The monoisotopic (exact) mass is 463 g/mol. The molecule has 158 valence electrons. The van der Waals surface area contributed by atoms with Gasteiger partial charge in [-0.25, -0.2) is 0 Å². The second kappa shape index (κ2) is 9.39. The molecule has 0 spiro atoms. The van der Waals surface area contributed by atoms with E-state index in [0.29, 0.717) is 24.5 Å². The number of anilines is 1. The number of carbonyl (C=O) groups is 2. The molecule has 1 aliphatic carbocycles. The van der Waals surface area contributed by atoms with Crippen LogP contribution in [0.15, 0.2) is 27.7 Å². The molecule has 2 amide bonds. The number of unbranched alkanes of at least 4 members (excludes halogenated alkanes) is 1. The van der Waals surface area contributed by atoms with Crippen LogP contribution >= 0.6 is 15.9 Å². The molecule has 2 N–H and O–H groups in total. The van der Waals surface area contributed by atoms with Gasteiger partial charge in [-0.3, -0.25) is 14.6 Å². The maximum atomic E-state index is 13.1. The number of amides is 2. The highest BCUT2D eigenvalue weighted by molar-refractivity contribution is 9.10. The minimum absolute atomic E-state index is 0.282. The van der Waals surface area contributed by atoms with Gasteiger partial charge in [0.05, 0.1) is 17.7 Å². The number of rotatable bonds is 8. The maximum Gasteiger partial charge on any atom is 0.272 e. The van der Waals surface area contributed by atoms with Crippen LogP contribution in [0.4, 0.5) is 5.69 Å². The molecule has 29 heavy (non-hydrogen) atoms. The number of aliphatic hydroxyl groups excluding tert-OH is 1. The lowest BCUT2D eigenvalue weighted by Gasteiger charge is -2.25. The molecule has 1 aromatic carbocycles. The van der Waals surface area contributed by atoms with Crippen LogP contribution in [0.2, 0.25) is 0 Å². The molecule has 0 aromatic heterocycles. The second-order valence-electron chi connectivity index (χ2n) is 8.18. The summed E-state index contributed by atoms with van der Waals surface area (Å²) in [6.07, 6.45) is 3.66. The molecule has 1 aliphatic heterocycles. The lowest BCUT2D eigenvalue weighted by atomic mass is 9.91. The number of halogens is 1. The fourth-order valence-electron chi connectivity index (χ4n) is 3.81. The summed E-state index contributed by atoms with van der Waals surface area (Å²) in [7, 11) is 1.69. The topological polar surface area (TPSA) is 82.0 Å². The number of likely N-dealkylation sites (N-methyl/N-ethyl adjacent to an activating group) is 1. The zero-order chi connectivity index (χ0) is 21.1. The standard InChI is InChI=1S/C22H30BrN3O3/c1-4-5-6-19(27)17(11-14-7-8-14)21(28)25-20-22(29)26(3)18-12-15(23)9-10-16(18)13(2)24-20/h9-10,12,14,17,19-20,27H,4-8,11H2,1-3H3,(H,25,28)/t17-,19+,20?/m1/s1. The summed E-state index contributed by atoms with van der Waals surface area (Å²) in [6, 6.07) is 5.70. The van der Waals surface area contributed by atoms with Crippen molar-refractivity contribution in [3.05, 3.63) is 28.2 Å². The van der Waals surface area contributed by atoms with Crippen molar-refractivity contribution in [3.63, 3.8) is 0 Å². The first-order valence-corrected chi connectivity index (χ1v) is 11.2. The van der Waals surface area contributed by atoms with Crippen LogP contribution in [0, 0.1) is 11.8 Å². The third kappa shape index (κ3) is 5.25. The Bertz CT molecular complexity index is 806. The first-order chi connectivity index (χ1) is 13.8. The summed E-state index contributed by atoms with van der Waals surface area (Å²) in [6.45, 7) is 3.91. The average Bonchev–Trinajstić information content (AvgIpc) is 3.52. The Balaban J connectivity index is 1.79. The first-order valence-electron chi connectivity index (χ1n) is 10.4. The molecule has 1 heterocycles. The summed E-state index contributed by atoms with van der Waals surface area (Å²) < 4.78 is 0.870. The van der Waals surface area contributed by atoms with Crippen LogP contribution < -0.4 is 10.2 Å². The molecule has 1 saturated carbocycles. The normalized spacial score (nSPS) is 21.1. The van der Waals surface area contributed by atoms with Crippen molar-refractivity contribution in [2.45, 2.75) is 64.6 Å². The van der Waals surface area contributed by atoms with Crippen molar-refractivity contribution in [2.24, 2.45) is 16.8 Å². The van der Waals surface area contributed by atoms with E-state index < -0.39 is 18.2 Å². The summed E-state index contributed by atoms with van der Waals surface area (Å²) in [4.78, 5) is 32.1. The molecular weight excluding hydrogens is 434 g/mol. The highest BCUT2D eigenvalue weighted by atomic mass is 79.9. The van der Waals surface area contributed by atoms with E-state index in [9.17, 15) is 14.7 Å². The van der Waals surface area contributed by atoms with Gasteiger partial charge in [0.15, 0.2) is 0 Å². The van der Waals surface area contributed by atoms with Crippen LogP contribution in [0.5, 0.6) is 0 Å². The van der Waals surface area contributed by atoms with Gasteiger partial charge < -0.3 is 15.3 Å². The zero-order valence-electron chi connectivity index (χ0n) is 17.3. The Morgan fingerprint density at radius 3 is 2.79 bits per heavy atom. The van der Waals surface area contributed by atoms with E-state index in [1.165, 1.54) is 4.90 Å². The van der Waals surface area contributed by atoms with Crippen molar-refractivity contribution >= 4 is 39.1 Å². The van der Waals surface area contributed by atoms with Gasteiger partial charge in [-0.05, 0) is 43.9 Å². The molecule has 3 atom stereocenters. The largest absolute Gasteiger partial charge is 0.392 e. The van der Waals surface area contributed by atoms with Crippen molar-refractivity contribution in [3.8, 4) is 0 Å². The molecule has 3 rings (SSSR count). The van der Waals surface area contributed by atoms with Gasteiger partial charge in [0.25, 0.3) is 5.91 Å². The molecular formula is C22H30BrN3O3. The van der Waals surface area contributed by atoms with Crippen LogP contribution in [-0.2, 0) is 9.59 Å². The summed E-state index contributed by atoms with van der Waals surface area (Å²) in [5.74, 6) is -0.567. The minimum atomic E-state index is -0.987. The van der Waals surface area contributed by atoms with Crippen LogP contribution in [0.3, 0.4) is 0 Å². The maximum absolute atomic E-state index is 13.1. The summed E-state index contributed by atoms with van der Waals surface area (Å²) >= 11 is 3.45. The van der Waals surface area contributed by atoms with Gasteiger partial charge in [-0.15, -0.1) is 0 Å². The Labute approximate surface area is 180 Å². The van der Waals surface area contributed by atoms with Crippen molar-refractivity contribution in [1.29, 1.82) is 0 Å². The molecule has 7 heteroatoms. The summed E-state index contributed by atoms with van der Waals surface area (Å²) in [5.41, 5.74) is 2.30. The van der Waals surface area contributed by atoms with Gasteiger partial charge in [0, 0.05) is 22.8 Å². The Morgan fingerprint density at radius 1 is 1.41 bits per heavy atom. The predicted molar refractivity (Wildman–Crippen MR) is 118 cm³/mol.